The van der Waals surface area contributed by atoms with E-state index in [-0.39, 0.29) is 17.5 Å². The van der Waals surface area contributed by atoms with Crippen molar-refractivity contribution in [1.82, 2.24) is 19.4 Å². The minimum Gasteiger partial charge on any atom is -0.273 e. The van der Waals surface area contributed by atoms with Crippen LogP contribution in [0.3, 0.4) is 0 Å². The molecule has 0 aliphatic carbocycles. The lowest BCUT2D eigenvalue weighted by molar-refractivity contribution is -0.116. The zero-order chi connectivity index (χ0) is 21.6. The summed E-state index contributed by atoms with van der Waals surface area (Å²) in [7, 11) is 0. The highest BCUT2D eigenvalue weighted by Crippen LogP contribution is 2.26. The Hall–Kier alpha value is -3.17. The first-order valence-electron chi connectivity index (χ1n) is 8.82. The summed E-state index contributed by atoms with van der Waals surface area (Å²) < 4.78 is 43.3. The van der Waals surface area contributed by atoms with Crippen LogP contribution in [0.1, 0.15) is 39.1 Å². The van der Waals surface area contributed by atoms with E-state index in [1.54, 1.807) is 20.8 Å². The molecule has 1 N–H and O–H groups in total. The lowest BCUT2D eigenvalue weighted by Gasteiger charge is -2.21. The smallest absolute Gasteiger partial charge is 0.273 e. The largest absolute Gasteiger partial charge is 0.304 e. The van der Waals surface area contributed by atoms with Gasteiger partial charge < -0.3 is 0 Å². The van der Waals surface area contributed by atoms with Gasteiger partial charge in [-0.05, 0) is 38.5 Å². The molecule has 29 heavy (non-hydrogen) atoms. The van der Waals surface area contributed by atoms with Gasteiger partial charge in [-0.2, -0.15) is 18.6 Å². The van der Waals surface area contributed by atoms with E-state index >= 15 is 0 Å². The molecule has 0 atom stereocenters. The number of hydrogen-bond acceptors (Lipinski definition) is 4. The molecular weight excluding hydrogens is 387 g/mol. The van der Waals surface area contributed by atoms with Gasteiger partial charge in [-0.1, -0.05) is 12.1 Å². The van der Waals surface area contributed by atoms with Crippen molar-refractivity contribution in [3.8, 4) is 0 Å². The van der Waals surface area contributed by atoms with Crippen LogP contribution in [0.4, 0.5) is 13.2 Å². The first-order chi connectivity index (χ1) is 13.4. The third kappa shape index (κ3) is 4.15. The molecule has 10 heteroatoms. The average molecular weight is 407 g/mol. The third-order valence-corrected chi connectivity index (χ3v) is 4.14. The first kappa shape index (κ1) is 20.6. The summed E-state index contributed by atoms with van der Waals surface area (Å²) in [5.74, 6) is -5.62. The molecule has 0 fully saturated rings. The van der Waals surface area contributed by atoms with Crippen molar-refractivity contribution in [2.45, 2.75) is 45.6 Å². The summed E-state index contributed by atoms with van der Waals surface area (Å²) in [6, 6.07) is 5.13. The number of nitrogens with zero attached hydrogens (tertiary/aromatic N) is 4. The highest BCUT2D eigenvalue weighted by Gasteiger charge is 2.34. The highest BCUT2D eigenvalue weighted by molar-refractivity contribution is 5.86. The molecule has 0 unspecified atom stereocenters. The summed E-state index contributed by atoms with van der Waals surface area (Å²) in [5.41, 5.74) is 1.17. The van der Waals surface area contributed by atoms with Gasteiger partial charge in [0.2, 0.25) is 11.7 Å². The standard InChI is InChI=1S/C19H20F3N5O2/c1-18(2,3)27-15-13(10-23-27)16(29)26(17(24-15)19(4,21)22)25-14(28)9-11-5-7-12(20)8-6-11/h5-8,10H,9H2,1-4H3,(H,25,28). The van der Waals surface area contributed by atoms with Crippen LogP contribution in [-0.4, -0.2) is 25.3 Å². The van der Waals surface area contributed by atoms with Crippen LogP contribution in [0.5, 0.6) is 0 Å². The lowest BCUT2D eigenvalue weighted by Crippen LogP contribution is -2.40. The Bertz CT molecular complexity index is 1120. The number of aromatic nitrogens is 4. The molecule has 0 saturated carbocycles. The van der Waals surface area contributed by atoms with Crippen molar-refractivity contribution in [1.29, 1.82) is 0 Å². The SMILES string of the molecule is CC(F)(F)c1nc2c(cnn2C(C)(C)C)c(=O)n1NC(=O)Cc1ccc(F)cc1. The molecule has 0 spiro atoms. The van der Waals surface area contributed by atoms with E-state index in [0.717, 1.165) is 0 Å². The van der Waals surface area contributed by atoms with Crippen LogP contribution < -0.4 is 11.0 Å². The van der Waals surface area contributed by atoms with Gasteiger partial charge in [-0.15, -0.1) is 0 Å². The number of nitrogens with one attached hydrogen (secondary N) is 1. The molecule has 3 aromatic rings. The Morgan fingerprint density at radius 2 is 1.76 bits per heavy atom. The van der Waals surface area contributed by atoms with Gasteiger partial charge in [0.25, 0.3) is 5.56 Å². The second-order valence-corrected chi connectivity index (χ2v) is 7.77. The van der Waals surface area contributed by atoms with Gasteiger partial charge >= 0.3 is 5.92 Å². The summed E-state index contributed by atoms with van der Waals surface area (Å²) in [6.45, 7) is 5.96. The first-order valence-corrected chi connectivity index (χ1v) is 8.82. The minimum atomic E-state index is -3.51. The Labute approximate surface area is 164 Å². The number of carbonyl (C=O) groups excluding carboxylic acids is 1. The Balaban J connectivity index is 2.06. The van der Waals surface area contributed by atoms with Crippen molar-refractivity contribution in [2.24, 2.45) is 0 Å². The van der Waals surface area contributed by atoms with Crippen molar-refractivity contribution >= 4 is 16.9 Å². The molecule has 2 aromatic heterocycles. The minimum absolute atomic E-state index is 0.00283. The molecule has 1 aromatic carbocycles. The highest BCUT2D eigenvalue weighted by atomic mass is 19.3. The predicted molar refractivity (Wildman–Crippen MR) is 101 cm³/mol. The third-order valence-electron chi connectivity index (χ3n) is 4.14. The second-order valence-electron chi connectivity index (χ2n) is 7.77. The fourth-order valence-electron chi connectivity index (χ4n) is 2.81. The normalized spacial score (nSPS) is 12.4. The van der Waals surface area contributed by atoms with E-state index in [1.807, 2.05) is 0 Å². The number of fused-ring (bicyclic) bond motifs is 1. The number of halogens is 3. The number of carbonyl (C=O) groups is 1. The van der Waals surface area contributed by atoms with Crippen LogP contribution >= 0.6 is 0 Å². The molecule has 0 aliphatic heterocycles. The van der Waals surface area contributed by atoms with Gasteiger partial charge in [0.15, 0.2) is 5.65 Å². The van der Waals surface area contributed by atoms with Gasteiger partial charge in [0.1, 0.15) is 11.2 Å². The Morgan fingerprint density at radius 1 is 1.14 bits per heavy atom. The summed E-state index contributed by atoms with van der Waals surface area (Å²) in [4.78, 5) is 29.1. The van der Waals surface area contributed by atoms with Crippen LogP contribution in [0, 0.1) is 5.82 Å². The summed E-state index contributed by atoms with van der Waals surface area (Å²) in [6.07, 6.45) is 0.997. The summed E-state index contributed by atoms with van der Waals surface area (Å²) in [5, 5.41) is 4.09. The van der Waals surface area contributed by atoms with Crippen molar-refractivity contribution in [2.75, 3.05) is 5.43 Å². The van der Waals surface area contributed by atoms with Crippen LogP contribution in [0.25, 0.3) is 11.0 Å². The van der Waals surface area contributed by atoms with E-state index in [2.05, 4.69) is 15.5 Å². The maximum atomic E-state index is 14.2. The molecule has 0 bridgehead atoms. The zero-order valence-electron chi connectivity index (χ0n) is 16.3. The fourth-order valence-corrected chi connectivity index (χ4v) is 2.81. The van der Waals surface area contributed by atoms with E-state index in [4.69, 9.17) is 0 Å². The monoisotopic (exact) mass is 407 g/mol. The molecule has 2 heterocycles. The number of hydrogen-bond donors (Lipinski definition) is 1. The van der Waals surface area contributed by atoms with E-state index < -0.39 is 34.6 Å². The van der Waals surface area contributed by atoms with Crippen LogP contribution in [0.15, 0.2) is 35.3 Å². The molecule has 3 rings (SSSR count). The zero-order valence-corrected chi connectivity index (χ0v) is 16.3. The molecule has 0 radical (unpaired) electrons. The van der Waals surface area contributed by atoms with Crippen molar-refractivity contribution in [3.05, 3.63) is 58.0 Å². The topological polar surface area (TPSA) is 81.8 Å². The van der Waals surface area contributed by atoms with Gasteiger partial charge in [-0.3, -0.25) is 15.0 Å². The van der Waals surface area contributed by atoms with Crippen molar-refractivity contribution < 1.29 is 18.0 Å². The molecule has 154 valence electrons. The molecule has 1 amide bonds. The number of alkyl halides is 2. The quantitative estimate of drug-likeness (QED) is 0.721. The maximum absolute atomic E-state index is 14.2. The molecule has 0 saturated heterocycles. The second kappa shape index (κ2) is 7.02. The van der Waals surface area contributed by atoms with Crippen LogP contribution in [-0.2, 0) is 22.7 Å². The van der Waals surface area contributed by atoms with Gasteiger partial charge in [0, 0.05) is 6.92 Å². The lowest BCUT2D eigenvalue weighted by atomic mass is 10.1. The molecular formula is C19H20F3N5O2. The number of amides is 1. The fraction of sp³-hybridized carbons (Fsp3) is 0.368. The van der Waals surface area contributed by atoms with Gasteiger partial charge in [-0.25, -0.2) is 14.1 Å². The Morgan fingerprint density at radius 3 is 2.31 bits per heavy atom. The van der Waals surface area contributed by atoms with E-state index in [0.29, 0.717) is 17.2 Å². The van der Waals surface area contributed by atoms with Gasteiger partial charge in [0.05, 0.1) is 18.2 Å². The van der Waals surface area contributed by atoms with Crippen LogP contribution in [0.2, 0.25) is 0 Å². The molecule has 7 nitrogen and oxygen atoms in total. The average Bonchev–Trinajstić information content (AvgIpc) is 3.03. The maximum Gasteiger partial charge on any atom is 0.304 e. The summed E-state index contributed by atoms with van der Waals surface area (Å²) >= 11 is 0. The van der Waals surface area contributed by atoms with E-state index in [1.165, 1.54) is 35.1 Å². The predicted octanol–water partition coefficient (Wildman–Crippen LogP) is 2.91. The van der Waals surface area contributed by atoms with E-state index in [9.17, 15) is 22.8 Å². The number of rotatable bonds is 4. The number of benzene rings is 1. The molecule has 0 aliphatic rings. The van der Waals surface area contributed by atoms with Crippen molar-refractivity contribution in [3.63, 3.8) is 0 Å². The Kier molecular flexibility index (Phi) is 4.97.